The van der Waals surface area contributed by atoms with Crippen molar-refractivity contribution in [1.29, 1.82) is 0 Å². The van der Waals surface area contributed by atoms with Crippen LogP contribution in [0.25, 0.3) is 0 Å². The van der Waals surface area contributed by atoms with Gasteiger partial charge in [-0.1, -0.05) is 43.3 Å². The number of aryl methyl sites for hydroxylation is 1. The number of hydrogen-bond acceptors (Lipinski definition) is 1. The molecule has 0 saturated carbocycles. The summed E-state index contributed by atoms with van der Waals surface area (Å²) in [4.78, 5) is 11.7. The predicted molar refractivity (Wildman–Crippen MR) is 80.9 cm³/mol. The smallest absolute Gasteiger partial charge is 0.314 e. The summed E-state index contributed by atoms with van der Waals surface area (Å²) in [6, 6.07) is 13.7. The van der Waals surface area contributed by atoms with Crippen LogP contribution in [0.5, 0.6) is 0 Å². The first-order valence-electron chi connectivity index (χ1n) is 7.03. The fraction of sp³-hybridized carbons (Fsp3) is 0.278. The van der Waals surface area contributed by atoms with E-state index >= 15 is 0 Å². The van der Waals surface area contributed by atoms with Crippen LogP contribution in [0.3, 0.4) is 0 Å². The van der Waals surface area contributed by atoms with E-state index in [1.807, 2.05) is 24.3 Å². The van der Waals surface area contributed by atoms with Gasteiger partial charge in [0.25, 0.3) is 0 Å². The minimum atomic E-state index is -1.07. The molecule has 21 heavy (non-hydrogen) atoms. The van der Waals surface area contributed by atoms with Gasteiger partial charge in [-0.3, -0.25) is 4.79 Å². The van der Waals surface area contributed by atoms with Crippen molar-refractivity contribution in [3.05, 3.63) is 71.0 Å². The summed E-state index contributed by atoms with van der Waals surface area (Å²) in [6.07, 6.45) is 1.33. The van der Waals surface area contributed by atoms with Crippen molar-refractivity contribution in [1.82, 2.24) is 0 Å². The second-order valence-electron chi connectivity index (χ2n) is 5.49. The van der Waals surface area contributed by atoms with Crippen molar-refractivity contribution in [2.75, 3.05) is 0 Å². The van der Waals surface area contributed by atoms with Crippen LogP contribution >= 0.6 is 0 Å². The Kier molecular flexibility index (Phi) is 4.41. The normalized spacial score (nSPS) is 13.7. The molecule has 0 aliphatic rings. The fourth-order valence-corrected chi connectivity index (χ4v) is 2.42. The lowest BCUT2D eigenvalue weighted by Gasteiger charge is -2.25. The van der Waals surface area contributed by atoms with Crippen molar-refractivity contribution >= 4 is 5.97 Å². The summed E-state index contributed by atoms with van der Waals surface area (Å²) in [5, 5.41) is 9.62. The molecule has 0 spiro atoms. The molecule has 110 valence electrons. The number of benzene rings is 2. The summed E-state index contributed by atoms with van der Waals surface area (Å²) in [5.41, 5.74) is 1.72. The first-order valence-corrected chi connectivity index (χ1v) is 7.03. The summed E-state index contributed by atoms with van der Waals surface area (Å²) in [6.45, 7) is 3.76. The standard InChI is InChI=1S/C18H19FO2/c1-3-13-4-6-14(7-5-13)12-18(2,17(20)21)15-8-10-16(19)11-9-15/h4-11H,3,12H2,1-2H3,(H,20,21). The Morgan fingerprint density at radius 2 is 1.57 bits per heavy atom. The van der Waals surface area contributed by atoms with E-state index < -0.39 is 11.4 Å². The van der Waals surface area contributed by atoms with E-state index in [0.29, 0.717) is 12.0 Å². The van der Waals surface area contributed by atoms with Gasteiger partial charge < -0.3 is 5.11 Å². The average Bonchev–Trinajstić information content (AvgIpc) is 2.48. The fourth-order valence-electron chi connectivity index (χ4n) is 2.42. The number of halogens is 1. The molecule has 0 fully saturated rings. The average molecular weight is 286 g/mol. The van der Waals surface area contributed by atoms with E-state index in [-0.39, 0.29) is 5.82 Å². The van der Waals surface area contributed by atoms with Crippen molar-refractivity contribution < 1.29 is 14.3 Å². The minimum Gasteiger partial charge on any atom is -0.481 e. The topological polar surface area (TPSA) is 37.3 Å². The van der Waals surface area contributed by atoms with Crippen molar-refractivity contribution in [2.45, 2.75) is 32.1 Å². The number of carboxylic acid groups (broad SMARTS) is 1. The Morgan fingerprint density at radius 1 is 1.05 bits per heavy atom. The highest BCUT2D eigenvalue weighted by atomic mass is 19.1. The van der Waals surface area contributed by atoms with Crippen LogP contribution in [0.15, 0.2) is 48.5 Å². The maximum absolute atomic E-state index is 13.0. The molecule has 0 aromatic heterocycles. The monoisotopic (exact) mass is 286 g/mol. The Labute approximate surface area is 124 Å². The van der Waals surface area contributed by atoms with Crippen LogP contribution in [0, 0.1) is 5.82 Å². The zero-order chi connectivity index (χ0) is 15.5. The lowest BCUT2D eigenvalue weighted by Crippen LogP contribution is -2.34. The molecular weight excluding hydrogens is 267 g/mol. The van der Waals surface area contributed by atoms with Crippen LogP contribution in [0.4, 0.5) is 4.39 Å². The largest absolute Gasteiger partial charge is 0.481 e. The molecule has 3 heteroatoms. The van der Waals surface area contributed by atoms with Crippen LogP contribution in [0.1, 0.15) is 30.5 Å². The minimum absolute atomic E-state index is 0.362. The summed E-state index contributed by atoms with van der Waals surface area (Å²) < 4.78 is 13.0. The number of carboxylic acids is 1. The lowest BCUT2D eigenvalue weighted by molar-refractivity contribution is -0.143. The molecule has 2 rings (SSSR count). The van der Waals surface area contributed by atoms with Gasteiger partial charge in [-0.15, -0.1) is 0 Å². The molecule has 2 aromatic carbocycles. The van der Waals surface area contributed by atoms with Crippen molar-refractivity contribution in [3.8, 4) is 0 Å². The third kappa shape index (κ3) is 3.30. The van der Waals surface area contributed by atoms with Crippen molar-refractivity contribution in [3.63, 3.8) is 0 Å². The number of rotatable bonds is 5. The second kappa shape index (κ2) is 6.08. The van der Waals surface area contributed by atoms with Gasteiger partial charge in [0.2, 0.25) is 0 Å². The summed E-state index contributed by atoms with van der Waals surface area (Å²) in [5.74, 6) is -1.27. The zero-order valence-corrected chi connectivity index (χ0v) is 12.3. The van der Waals surface area contributed by atoms with E-state index in [2.05, 4.69) is 6.92 Å². The Hall–Kier alpha value is -2.16. The molecule has 0 aliphatic carbocycles. The molecular formula is C18H19FO2. The van der Waals surface area contributed by atoms with Gasteiger partial charge in [0.05, 0.1) is 5.41 Å². The maximum Gasteiger partial charge on any atom is 0.314 e. The third-order valence-corrected chi connectivity index (χ3v) is 3.94. The molecule has 0 aliphatic heterocycles. The van der Waals surface area contributed by atoms with Gasteiger partial charge >= 0.3 is 5.97 Å². The van der Waals surface area contributed by atoms with E-state index in [0.717, 1.165) is 12.0 Å². The molecule has 0 saturated heterocycles. The van der Waals surface area contributed by atoms with Gasteiger partial charge in [0.15, 0.2) is 0 Å². The molecule has 2 aromatic rings. The van der Waals surface area contributed by atoms with Crippen molar-refractivity contribution in [2.24, 2.45) is 0 Å². The molecule has 1 unspecified atom stereocenters. The van der Waals surface area contributed by atoms with Gasteiger partial charge in [0, 0.05) is 0 Å². The first kappa shape index (κ1) is 15.2. The van der Waals surface area contributed by atoms with Gasteiger partial charge in [-0.25, -0.2) is 4.39 Å². The van der Waals surface area contributed by atoms with Gasteiger partial charge in [-0.2, -0.15) is 0 Å². The van der Waals surface area contributed by atoms with Gasteiger partial charge in [0.1, 0.15) is 5.82 Å². The quantitative estimate of drug-likeness (QED) is 0.903. The summed E-state index contributed by atoms with van der Waals surface area (Å²) >= 11 is 0. The molecule has 1 N–H and O–H groups in total. The Balaban J connectivity index is 2.33. The second-order valence-corrected chi connectivity index (χ2v) is 5.49. The molecule has 0 amide bonds. The highest BCUT2D eigenvalue weighted by Gasteiger charge is 2.35. The highest BCUT2D eigenvalue weighted by Crippen LogP contribution is 2.29. The van der Waals surface area contributed by atoms with Gasteiger partial charge in [-0.05, 0) is 48.6 Å². The predicted octanol–water partition coefficient (Wildman–Crippen LogP) is 3.97. The Morgan fingerprint density at radius 3 is 2.05 bits per heavy atom. The lowest BCUT2D eigenvalue weighted by atomic mass is 9.77. The Bertz CT molecular complexity index is 617. The van der Waals surface area contributed by atoms with Crippen LogP contribution in [-0.2, 0) is 23.1 Å². The number of aliphatic carboxylic acids is 1. The molecule has 1 atom stereocenters. The molecule has 0 radical (unpaired) electrons. The van der Waals surface area contributed by atoms with Crippen LogP contribution in [0.2, 0.25) is 0 Å². The SMILES string of the molecule is CCc1ccc(CC(C)(C(=O)O)c2ccc(F)cc2)cc1. The summed E-state index contributed by atoms with van der Waals surface area (Å²) in [7, 11) is 0. The maximum atomic E-state index is 13.0. The number of carbonyl (C=O) groups is 1. The van der Waals surface area contributed by atoms with E-state index in [1.54, 1.807) is 19.1 Å². The van der Waals surface area contributed by atoms with E-state index in [1.165, 1.54) is 17.7 Å². The molecule has 2 nitrogen and oxygen atoms in total. The van der Waals surface area contributed by atoms with Crippen LogP contribution in [-0.4, -0.2) is 11.1 Å². The zero-order valence-electron chi connectivity index (χ0n) is 12.3. The van der Waals surface area contributed by atoms with Crippen LogP contribution < -0.4 is 0 Å². The third-order valence-electron chi connectivity index (χ3n) is 3.94. The van der Waals surface area contributed by atoms with E-state index in [4.69, 9.17) is 0 Å². The number of hydrogen-bond donors (Lipinski definition) is 1. The van der Waals surface area contributed by atoms with E-state index in [9.17, 15) is 14.3 Å². The highest BCUT2D eigenvalue weighted by molar-refractivity contribution is 5.81. The molecule has 0 heterocycles. The first-order chi connectivity index (χ1) is 9.95. The molecule has 0 bridgehead atoms.